The van der Waals surface area contributed by atoms with Crippen LogP contribution < -0.4 is 15.4 Å². The number of halogens is 1. The lowest BCUT2D eigenvalue weighted by Gasteiger charge is -2.27. The van der Waals surface area contributed by atoms with Gasteiger partial charge in [-0.15, -0.1) is 0 Å². The molecule has 1 atom stereocenters. The Morgan fingerprint density at radius 3 is 2.84 bits per heavy atom. The number of nitrogens with zero attached hydrogens (tertiary/aromatic N) is 4. The van der Waals surface area contributed by atoms with Gasteiger partial charge in [-0.25, -0.2) is 14.2 Å². The summed E-state index contributed by atoms with van der Waals surface area (Å²) in [5, 5.41) is 5.50. The molecule has 2 N–H and O–H groups in total. The highest BCUT2D eigenvalue weighted by Crippen LogP contribution is 2.47. The maximum absolute atomic E-state index is 14.9. The van der Waals surface area contributed by atoms with E-state index < -0.39 is 5.82 Å². The van der Waals surface area contributed by atoms with Gasteiger partial charge in [-0.2, -0.15) is 0 Å². The van der Waals surface area contributed by atoms with E-state index in [0.717, 1.165) is 67.0 Å². The predicted octanol–water partition coefficient (Wildman–Crippen LogP) is 3.88. The third-order valence-corrected chi connectivity index (χ3v) is 8.26. The lowest BCUT2D eigenvalue weighted by Crippen LogP contribution is -2.36. The highest BCUT2D eigenvalue weighted by molar-refractivity contribution is 8.12. The standard InChI is InChI=1S/C27H31FN6O3S/c1-32-8-7-23(37-22-6-5-18(13-20(22)28)31-27(35)30-17-3-4-17)25-21(32)14-24(38-25)26-29-15-19(33(26)2)16-34-9-11-36-12-10-34/h5-8,13-15,17,21H,3-4,9-12,16H2,1-2H3,(H2,30,31,35). The van der Waals surface area contributed by atoms with E-state index in [1.54, 1.807) is 23.9 Å². The number of carbonyl (C=O) groups excluding carboxylic acids is 1. The van der Waals surface area contributed by atoms with E-state index in [2.05, 4.69) is 31.1 Å². The van der Waals surface area contributed by atoms with E-state index in [1.807, 2.05) is 32.6 Å². The van der Waals surface area contributed by atoms with Crippen molar-refractivity contribution in [1.29, 1.82) is 0 Å². The molecule has 1 saturated heterocycles. The van der Waals surface area contributed by atoms with Gasteiger partial charge in [0.2, 0.25) is 0 Å². The predicted molar refractivity (Wildman–Crippen MR) is 145 cm³/mol. The van der Waals surface area contributed by atoms with Crippen LogP contribution in [-0.4, -0.2) is 70.8 Å². The van der Waals surface area contributed by atoms with Crippen LogP contribution in [0.5, 0.6) is 5.75 Å². The van der Waals surface area contributed by atoms with Crippen LogP contribution in [0.25, 0.3) is 4.91 Å². The number of hydrogen-bond acceptors (Lipinski definition) is 7. The number of rotatable bonds is 7. The molecule has 1 saturated carbocycles. The second kappa shape index (κ2) is 10.5. The van der Waals surface area contributed by atoms with Crippen molar-refractivity contribution < 1.29 is 18.7 Å². The number of hydrogen-bond donors (Lipinski definition) is 2. The summed E-state index contributed by atoms with van der Waals surface area (Å²) in [7, 11) is 4.05. The lowest BCUT2D eigenvalue weighted by molar-refractivity contribution is 0.0333. The van der Waals surface area contributed by atoms with Gasteiger partial charge in [-0.1, -0.05) is 11.8 Å². The molecule has 2 amide bonds. The molecule has 0 radical (unpaired) electrons. The zero-order valence-electron chi connectivity index (χ0n) is 21.4. The van der Waals surface area contributed by atoms with Gasteiger partial charge in [-0.3, -0.25) is 4.90 Å². The number of aromatic nitrogens is 2. The van der Waals surface area contributed by atoms with Gasteiger partial charge in [0.15, 0.2) is 11.6 Å². The van der Waals surface area contributed by atoms with E-state index >= 15 is 0 Å². The topological polar surface area (TPSA) is 83.9 Å². The van der Waals surface area contributed by atoms with Crippen LogP contribution in [0.4, 0.5) is 14.9 Å². The van der Waals surface area contributed by atoms with E-state index in [9.17, 15) is 9.18 Å². The molecular weight excluding hydrogens is 507 g/mol. The summed E-state index contributed by atoms with van der Waals surface area (Å²) >= 11 is 1.60. The van der Waals surface area contributed by atoms with Crippen molar-refractivity contribution in [3.05, 3.63) is 70.7 Å². The Bertz CT molecular complexity index is 1330. The zero-order valence-corrected chi connectivity index (χ0v) is 22.3. The van der Waals surface area contributed by atoms with Crippen molar-refractivity contribution in [2.24, 2.45) is 7.05 Å². The largest absolute Gasteiger partial charge is 0.453 e. The zero-order chi connectivity index (χ0) is 26.2. The summed E-state index contributed by atoms with van der Waals surface area (Å²) in [4.78, 5) is 23.2. The summed E-state index contributed by atoms with van der Waals surface area (Å²) in [6.45, 7) is 4.20. The second-order valence-electron chi connectivity index (χ2n) is 9.93. The Morgan fingerprint density at radius 2 is 2.08 bits per heavy atom. The van der Waals surface area contributed by atoms with Crippen LogP contribution in [0.1, 0.15) is 24.4 Å². The lowest BCUT2D eigenvalue weighted by atomic mass is 10.1. The quantitative estimate of drug-likeness (QED) is 0.554. The molecule has 9 nitrogen and oxygen atoms in total. The molecule has 11 heteroatoms. The Labute approximate surface area is 225 Å². The van der Waals surface area contributed by atoms with Crippen molar-refractivity contribution in [1.82, 2.24) is 24.7 Å². The molecule has 0 bridgehead atoms. The molecule has 4 aliphatic rings. The van der Waals surface area contributed by atoms with Crippen LogP contribution in [-0.2, 0) is 18.3 Å². The molecule has 0 spiro atoms. The molecule has 2 aromatic rings. The number of fused-ring (bicyclic) bond motifs is 1. The first kappa shape index (κ1) is 25.0. The van der Waals surface area contributed by atoms with Crippen LogP contribution in [0.15, 0.2) is 53.4 Å². The third kappa shape index (κ3) is 5.31. The molecule has 1 unspecified atom stereocenters. The minimum Gasteiger partial charge on any atom is -0.453 e. The first-order valence-corrected chi connectivity index (χ1v) is 13.7. The molecule has 2 fully saturated rings. The number of imidazole rings is 1. The third-order valence-electron chi connectivity index (χ3n) is 7.06. The fraction of sp³-hybridized carbons (Fsp3) is 0.407. The molecule has 4 heterocycles. The average Bonchev–Trinajstić information content (AvgIpc) is 3.47. The van der Waals surface area contributed by atoms with Gasteiger partial charge in [0, 0.05) is 57.7 Å². The van der Waals surface area contributed by atoms with E-state index in [0.29, 0.717) is 11.4 Å². The molecule has 1 aliphatic carbocycles. The summed E-state index contributed by atoms with van der Waals surface area (Å²) in [5.41, 5.74) is 1.53. The molecule has 3 aliphatic heterocycles. The first-order chi connectivity index (χ1) is 18.4. The van der Waals surface area contributed by atoms with Crippen molar-refractivity contribution >= 4 is 28.4 Å². The van der Waals surface area contributed by atoms with Gasteiger partial charge in [0.1, 0.15) is 11.6 Å². The number of likely N-dealkylation sites (N-methyl/N-ethyl adjacent to an activating group) is 1. The number of urea groups is 1. The maximum atomic E-state index is 14.9. The number of carbonyl (C=O) groups is 1. The Kier molecular flexibility index (Phi) is 6.89. The average molecular weight is 539 g/mol. The van der Waals surface area contributed by atoms with Gasteiger partial charge < -0.3 is 29.6 Å². The summed E-state index contributed by atoms with van der Waals surface area (Å²) in [6.07, 6.45) is 9.88. The van der Waals surface area contributed by atoms with Gasteiger partial charge in [0.05, 0.1) is 41.0 Å². The molecule has 6 rings (SSSR count). The minimum atomic E-state index is -0.542. The summed E-state index contributed by atoms with van der Waals surface area (Å²) in [6, 6.07) is 4.34. The van der Waals surface area contributed by atoms with Crippen LogP contribution >= 0.6 is 11.8 Å². The number of nitrogens with one attached hydrogen (secondary N) is 2. The Morgan fingerprint density at radius 1 is 1.26 bits per heavy atom. The SMILES string of the molecule is CN1C=CC(Oc2ccc(NC(=O)NC3CC3)cc2F)=C2SC(c3ncc(CN4CCOCC4)n3C)=CC21. The van der Waals surface area contributed by atoms with E-state index in [1.165, 1.54) is 6.07 Å². The number of amides is 2. The number of thioether (sulfide) groups is 1. The molecule has 38 heavy (non-hydrogen) atoms. The van der Waals surface area contributed by atoms with Crippen LogP contribution in [0.2, 0.25) is 0 Å². The minimum absolute atomic E-state index is 0.0236. The highest BCUT2D eigenvalue weighted by Gasteiger charge is 2.33. The summed E-state index contributed by atoms with van der Waals surface area (Å²) in [5.74, 6) is 1.06. The second-order valence-corrected chi connectivity index (χ2v) is 11.0. The monoisotopic (exact) mass is 538 g/mol. The Hall–Kier alpha value is -3.28. The van der Waals surface area contributed by atoms with E-state index in [-0.39, 0.29) is 23.9 Å². The molecule has 1 aromatic heterocycles. The molecular formula is C27H31FN6O3S. The van der Waals surface area contributed by atoms with Crippen molar-refractivity contribution in [3.8, 4) is 5.75 Å². The van der Waals surface area contributed by atoms with Crippen molar-refractivity contribution in [2.45, 2.75) is 31.5 Å². The van der Waals surface area contributed by atoms with Crippen LogP contribution in [0.3, 0.4) is 0 Å². The fourth-order valence-electron chi connectivity index (χ4n) is 4.66. The fourth-order valence-corrected chi connectivity index (χ4v) is 5.94. The van der Waals surface area contributed by atoms with Gasteiger partial charge in [-0.05, 0) is 37.1 Å². The Balaban J connectivity index is 1.17. The molecule has 200 valence electrons. The number of benzene rings is 1. The number of allylic oxidation sites excluding steroid dienone is 1. The summed E-state index contributed by atoms with van der Waals surface area (Å²) < 4.78 is 28.6. The highest BCUT2D eigenvalue weighted by atomic mass is 32.2. The van der Waals surface area contributed by atoms with E-state index in [4.69, 9.17) is 14.5 Å². The smallest absolute Gasteiger partial charge is 0.319 e. The normalized spacial score (nSPS) is 21.4. The van der Waals surface area contributed by atoms with Crippen molar-refractivity contribution in [2.75, 3.05) is 38.7 Å². The molecule has 1 aromatic carbocycles. The van der Waals surface area contributed by atoms with Gasteiger partial charge >= 0.3 is 6.03 Å². The number of anilines is 1. The maximum Gasteiger partial charge on any atom is 0.319 e. The van der Waals surface area contributed by atoms with Gasteiger partial charge in [0.25, 0.3) is 0 Å². The van der Waals surface area contributed by atoms with Crippen molar-refractivity contribution in [3.63, 3.8) is 0 Å². The number of ether oxygens (including phenoxy) is 2. The number of morpholine rings is 1. The first-order valence-electron chi connectivity index (χ1n) is 12.8. The van der Waals surface area contributed by atoms with Crippen LogP contribution in [0, 0.1) is 5.82 Å².